The minimum Gasteiger partial charge on any atom is -0.412 e. The molecular formula is C18H48F6N4O9S2. The van der Waals surface area contributed by atoms with E-state index in [1.807, 2.05) is 89.8 Å². The van der Waals surface area contributed by atoms with Crippen molar-refractivity contribution >= 4 is 20.2 Å². The second-order valence-electron chi connectivity index (χ2n) is 6.97. The lowest BCUT2D eigenvalue weighted by molar-refractivity contribution is -0.0950. The molecule has 0 aliphatic rings. The monoisotopic (exact) mass is 642 g/mol. The molecular weight excluding hydrogens is 594 g/mol. The van der Waals surface area contributed by atoms with Gasteiger partial charge in [-0.1, -0.05) is 21.3 Å². The minimum absolute atomic E-state index is 0. The van der Waals surface area contributed by atoms with E-state index < -0.39 is 31.3 Å². The fourth-order valence-corrected chi connectivity index (χ4v) is 2.05. The number of ether oxygens (including phenoxy) is 2. The van der Waals surface area contributed by atoms with Gasteiger partial charge in [0, 0.05) is 14.2 Å². The number of nitrogens with zero attached hydrogens (tertiary/aromatic N) is 4. The maximum absolute atomic E-state index is 11.1. The SMILES string of the molecule is C.CC.COC(N(C)C)N(C)C.COC(N(C)C)N(C)C.COS(=O)(=O)C(F)(F)F.O.O=S(=O)(O)C(F)(F)F. The second-order valence-corrected chi connectivity index (χ2v) is 10.1. The van der Waals surface area contributed by atoms with Crippen LogP contribution in [0, 0.1) is 0 Å². The molecule has 0 aromatic carbocycles. The highest BCUT2D eigenvalue weighted by atomic mass is 32.2. The van der Waals surface area contributed by atoms with Crippen LogP contribution in [0.25, 0.3) is 0 Å². The number of methoxy groups -OCH3 is 2. The first-order chi connectivity index (χ1) is 16.2. The lowest BCUT2D eigenvalue weighted by Gasteiger charge is -2.28. The van der Waals surface area contributed by atoms with E-state index in [0.29, 0.717) is 7.11 Å². The van der Waals surface area contributed by atoms with Crippen molar-refractivity contribution in [2.45, 2.75) is 45.0 Å². The lowest BCUT2D eigenvalue weighted by atomic mass is 10.7. The summed E-state index contributed by atoms with van der Waals surface area (Å²) in [5.41, 5.74) is -10.8. The van der Waals surface area contributed by atoms with Crippen molar-refractivity contribution in [1.29, 1.82) is 0 Å². The smallest absolute Gasteiger partial charge is 0.412 e. The van der Waals surface area contributed by atoms with Crippen LogP contribution in [-0.2, 0) is 33.9 Å². The number of rotatable bonds is 7. The maximum Gasteiger partial charge on any atom is 0.523 e. The van der Waals surface area contributed by atoms with Gasteiger partial charge in [0.05, 0.1) is 7.11 Å². The maximum atomic E-state index is 11.1. The molecule has 0 spiro atoms. The molecule has 0 atom stereocenters. The Balaban J connectivity index is -0.0000000674. The highest BCUT2D eigenvalue weighted by Crippen LogP contribution is 2.23. The molecule has 0 fully saturated rings. The topological polar surface area (TPSA) is 161 Å². The van der Waals surface area contributed by atoms with Gasteiger partial charge in [0.15, 0.2) is 12.7 Å². The standard InChI is InChI=1S/2C6H16N2O.C2H3F3O3S.C2H6.CHF3O3S.CH4.H2O/c2*1-7(2)6(9-5)8(3)4;1-8-9(6,7)2(3,4)5;1-2;2-1(3,4)8(5,6)7;;/h2*6H,1-5H3;1H3;1-2H3;(H,5,6,7);1H4;1H2. The molecule has 0 radical (unpaired) electrons. The Hall–Kier alpha value is -0.880. The predicted octanol–water partition coefficient (Wildman–Crippen LogP) is 1.79. The van der Waals surface area contributed by atoms with Crippen molar-refractivity contribution < 1.29 is 66.9 Å². The Kier molecular flexibility index (Phi) is 34.6. The van der Waals surface area contributed by atoms with Crippen molar-refractivity contribution in [3.63, 3.8) is 0 Å². The normalized spacial score (nSPS) is 11.7. The van der Waals surface area contributed by atoms with Crippen LogP contribution in [0.3, 0.4) is 0 Å². The Morgan fingerprint density at radius 2 is 0.795 bits per heavy atom. The molecule has 0 aliphatic heterocycles. The van der Waals surface area contributed by atoms with Crippen LogP contribution in [0.2, 0.25) is 0 Å². The highest BCUT2D eigenvalue weighted by Gasteiger charge is 2.46. The van der Waals surface area contributed by atoms with Crippen LogP contribution in [0.5, 0.6) is 0 Å². The van der Waals surface area contributed by atoms with Gasteiger partial charge in [0.2, 0.25) is 0 Å². The van der Waals surface area contributed by atoms with E-state index in [4.69, 9.17) is 22.4 Å². The minimum atomic E-state index is -5.84. The van der Waals surface area contributed by atoms with E-state index in [-0.39, 0.29) is 25.6 Å². The van der Waals surface area contributed by atoms with Gasteiger partial charge in [-0.2, -0.15) is 43.2 Å². The molecule has 0 unspecified atom stereocenters. The summed E-state index contributed by atoms with van der Waals surface area (Å²) in [7, 11) is 8.51. The molecule has 0 rings (SSSR count). The van der Waals surface area contributed by atoms with Crippen LogP contribution in [-0.4, -0.2) is 148 Å². The zero-order valence-corrected chi connectivity index (χ0v) is 25.5. The first-order valence-corrected chi connectivity index (χ1v) is 12.7. The summed E-state index contributed by atoms with van der Waals surface area (Å²) in [4.78, 5) is 8.00. The van der Waals surface area contributed by atoms with Gasteiger partial charge >= 0.3 is 31.3 Å². The number of halogens is 6. The quantitative estimate of drug-likeness (QED) is 0.141. The average Bonchev–Trinajstić information content (AvgIpc) is 2.68. The average molecular weight is 643 g/mol. The van der Waals surface area contributed by atoms with Crippen molar-refractivity contribution in [3.05, 3.63) is 0 Å². The zero-order valence-electron chi connectivity index (χ0n) is 23.8. The molecule has 0 saturated heterocycles. The lowest BCUT2D eigenvalue weighted by Crippen LogP contribution is -2.41. The van der Waals surface area contributed by atoms with E-state index in [2.05, 4.69) is 4.18 Å². The van der Waals surface area contributed by atoms with E-state index >= 15 is 0 Å². The van der Waals surface area contributed by atoms with Crippen LogP contribution >= 0.6 is 0 Å². The van der Waals surface area contributed by atoms with E-state index in [1.54, 1.807) is 14.2 Å². The molecule has 13 nitrogen and oxygen atoms in total. The first-order valence-electron chi connectivity index (χ1n) is 9.86. The van der Waals surface area contributed by atoms with E-state index in [1.165, 1.54) is 0 Å². The third-order valence-electron chi connectivity index (χ3n) is 2.98. The van der Waals surface area contributed by atoms with Gasteiger partial charge in [-0.3, -0.25) is 28.3 Å². The van der Waals surface area contributed by atoms with Crippen molar-refractivity contribution in [1.82, 2.24) is 19.6 Å². The van der Waals surface area contributed by atoms with Crippen LogP contribution < -0.4 is 0 Å². The zero-order chi connectivity index (χ0) is 31.6. The molecule has 21 heteroatoms. The number of hydrogen-bond donors (Lipinski definition) is 1. The van der Waals surface area contributed by atoms with Gasteiger partial charge in [-0.05, 0) is 56.4 Å². The molecule has 0 saturated carbocycles. The Labute approximate surface area is 229 Å². The number of alkyl halides is 6. The summed E-state index contributed by atoms with van der Waals surface area (Å²) in [6.45, 7) is 4.00. The second kappa shape index (κ2) is 24.9. The summed E-state index contributed by atoms with van der Waals surface area (Å²) in [5.74, 6) is 0. The fraction of sp³-hybridized carbons (Fsp3) is 1.00. The Bertz CT molecular complexity index is 715. The molecule has 248 valence electrons. The fourth-order valence-electron chi connectivity index (χ4n) is 1.86. The summed E-state index contributed by atoms with van der Waals surface area (Å²) < 4.78 is 124. The molecule has 0 amide bonds. The van der Waals surface area contributed by atoms with Gasteiger partial charge in [0.25, 0.3) is 0 Å². The molecule has 0 aromatic heterocycles. The van der Waals surface area contributed by atoms with Gasteiger partial charge in [-0.25, -0.2) is 0 Å². The molecule has 0 aliphatic carbocycles. The van der Waals surface area contributed by atoms with Crippen LogP contribution in [0.15, 0.2) is 0 Å². The Morgan fingerprint density at radius 3 is 0.795 bits per heavy atom. The largest absolute Gasteiger partial charge is 0.523 e. The molecule has 3 N–H and O–H groups in total. The third-order valence-corrected chi connectivity index (χ3v) is 4.57. The van der Waals surface area contributed by atoms with Crippen molar-refractivity contribution in [2.24, 2.45) is 0 Å². The summed E-state index contributed by atoms with van der Waals surface area (Å²) >= 11 is 0. The molecule has 0 aromatic rings. The number of hydrogen-bond acceptors (Lipinski definition) is 11. The molecule has 0 bridgehead atoms. The van der Waals surface area contributed by atoms with Crippen LogP contribution in [0.1, 0.15) is 21.3 Å². The summed E-state index contributed by atoms with van der Waals surface area (Å²) in [6, 6.07) is 0. The van der Waals surface area contributed by atoms with Gasteiger partial charge < -0.3 is 14.9 Å². The highest BCUT2D eigenvalue weighted by molar-refractivity contribution is 7.87. The molecule has 0 heterocycles. The van der Waals surface area contributed by atoms with Crippen molar-refractivity contribution in [2.75, 3.05) is 77.7 Å². The molecule has 39 heavy (non-hydrogen) atoms. The predicted molar refractivity (Wildman–Crippen MR) is 138 cm³/mol. The van der Waals surface area contributed by atoms with Gasteiger partial charge in [0.1, 0.15) is 0 Å². The van der Waals surface area contributed by atoms with E-state index in [0.717, 1.165) is 0 Å². The first kappa shape index (κ1) is 54.2. The summed E-state index contributed by atoms with van der Waals surface area (Å²) in [6.07, 6.45) is 0.176. The Morgan fingerprint density at radius 1 is 0.615 bits per heavy atom. The van der Waals surface area contributed by atoms with Gasteiger partial charge in [-0.15, -0.1) is 0 Å². The van der Waals surface area contributed by atoms with Crippen LogP contribution in [0.4, 0.5) is 26.3 Å². The third kappa shape index (κ3) is 28.4. The van der Waals surface area contributed by atoms with Crippen molar-refractivity contribution in [3.8, 4) is 0 Å². The van der Waals surface area contributed by atoms with E-state index in [9.17, 15) is 34.8 Å². The summed E-state index contributed by atoms with van der Waals surface area (Å²) in [5, 5.41) is 0.